The summed E-state index contributed by atoms with van der Waals surface area (Å²) in [5.41, 5.74) is 0.970. The first-order chi connectivity index (χ1) is 10.7. The lowest BCUT2D eigenvalue weighted by atomic mass is 10.1. The zero-order valence-electron chi connectivity index (χ0n) is 13.0. The third-order valence-electron chi connectivity index (χ3n) is 4.65. The molecule has 2 fully saturated rings. The van der Waals surface area contributed by atoms with Crippen molar-refractivity contribution in [3.63, 3.8) is 0 Å². The van der Waals surface area contributed by atoms with Crippen molar-refractivity contribution in [3.05, 3.63) is 35.9 Å². The highest BCUT2D eigenvalue weighted by atomic mass is 16.3. The van der Waals surface area contributed by atoms with Crippen molar-refractivity contribution < 1.29 is 9.90 Å². The van der Waals surface area contributed by atoms with Crippen LogP contribution in [0.4, 0.5) is 0 Å². The molecule has 22 heavy (non-hydrogen) atoms. The molecule has 2 heterocycles. The molecule has 0 aliphatic carbocycles. The Morgan fingerprint density at radius 1 is 1.00 bits per heavy atom. The van der Waals surface area contributed by atoms with Crippen LogP contribution in [-0.4, -0.2) is 78.1 Å². The lowest BCUT2D eigenvalue weighted by Gasteiger charge is -2.37. The van der Waals surface area contributed by atoms with Gasteiger partial charge >= 0.3 is 0 Å². The van der Waals surface area contributed by atoms with Crippen molar-refractivity contribution in [1.82, 2.24) is 14.7 Å². The van der Waals surface area contributed by atoms with Gasteiger partial charge in [0.2, 0.25) is 5.91 Å². The Kier molecular flexibility index (Phi) is 5.08. The molecule has 0 radical (unpaired) electrons. The summed E-state index contributed by atoms with van der Waals surface area (Å²) < 4.78 is 0. The van der Waals surface area contributed by atoms with Gasteiger partial charge in [-0.15, -0.1) is 0 Å². The van der Waals surface area contributed by atoms with Crippen LogP contribution in [-0.2, 0) is 4.79 Å². The van der Waals surface area contributed by atoms with E-state index in [1.54, 1.807) is 0 Å². The maximum absolute atomic E-state index is 12.0. The van der Waals surface area contributed by atoms with Gasteiger partial charge < -0.3 is 10.0 Å². The standard InChI is InChI=1S/C17H25N3O2/c21-16(15-5-2-1-3-6-15)13-18-9-11-19(12-10-18)14-17(22)20-7-4-8-20/h1-3,5-6,16,21H,4,7-14H2/t16-/m0/s1. The normalized spacial score (nSPS) is 21.4. The largest absolute Gasteiger partial charge is 0.387 e. The van der Waals surface area contributed by atoms with Crippen molar-refractivity contribution in [1.29, 1.82) is 0 Å². The predicted molar refractivity (Wildman–Crippen MR) is 85.5 cm³/mol. The van der Waals surface area contributed by atoms with E-state index >= 15 is 0 Å². The molecule has 3 rings (SSSR count). The molecule has 1 amide bonds. The summed E-state index contributed by atoms with van der Waals surface area (Å²) >= 11 is 0. The van der Waals surface area contributed by atoms with Gasteiger partial charge in [0.25, 0.3) is 0 Å². The van der Waals surface area contributed by atoms with E-state index in [0.717, 1.165) is 51.3 Å². The number of β-amino-alcohol motifs (C(OH)–C–C–N with tert-alkyl or cyclic N) is 1. The number of hydrogen-bond acceptors (Lipinski definition) is 4. The number of nitrogens with zero attached hydrogens (tertiary/aromatic N) is 3. The third-order valence-corrected chi connectivity index (χ3v) is 4.65. The zero-order chi connectivity index (χ0) is 15.4. The molecule has 1 aromatic carbocycles. The number of benzene rings is 1. The number of likely N-dealkylation sites (tertiary alicyclic amines) is 1. The van der Waals surface area contributed by atoms with Gasteiger partial charge in [-0.05, 0) is 12.0 Å². The van der Waals surface area contributed by atoms with Crippen molar-refractivity contribution in [3.8, 4) is 0 Å². The van der Waals surface area contributed by atoms with Crippen molar-refractivity contribution in [2.75, 3.05) is 52.4 Å². The van der Waals surface area contributed by atoms with Crippen molar-refractivity contribution in [2.45, 2.75) is 12.5 Å². The fourth-order valence-electron chi connectivity index (χ4n) is 3.01. The van der Waals surface area contributed by atoms with Crippen LogP contribution in [0.2, 0.25) is 0 Å². The number of piperazine rings is 1. The van der Waals surface area contributed by atoms with Crippen LogP contribution in [0.25, 0.3) is 0 Å². The van der Waals surface area contributed by atoms with E-state index in [2.05, 4.69) is 9.80 Å². The molecule has 2 saturated heterocycles. The summed E-state index contributed by atoms with van der Waals surface area (Å²) in [6.45, 7) is 6.72. The molecule has 0 bridgehead atoms. The van der Waals surface area contributed by atoms with Gasteiger partial charge in [0.05, 0.1) is 12.6 Å². The number of aliphatic hydroxyl groups excluding tert-OH is 1. The van der Waals surface area contributed by atoms with Crippen LogP contribution in [0, 0.1) is 0 Å². The van der Waals surface area contributed by atoms with Gasteiger partial charge in [-0.3, -0.25) is 14.6 Å². The molecule has 1 aromatic rings. The Bertz CT molecular complexity index is 482. The summed E-state index contributed by atoms with van der Waals surface area (Å²) in [4.78, 5) is 18.4. The minimum Gasteiger partial charge on any atom is -0.387 e. The molecule has 0 saturated carbocycles. The lowest BCUT2D eigenvalue weighted by Crippen LogP contribution is -2.52. The maximum Gasteiger partial charge on any atom is 0.236 e. The summed E-state index contributed by atoms with van der Waals surface area (Å²) in [7, 11) is 0. The molecule has 5 heteroatoms. The number of carbonyl (C=O) groups is 1. The number of rotatable bonds is 5. The Morgan fingerprint density at radius 2 is 1.64 bits per heavy atom. The Morgan fingerprint density at radius 3 is 2.23 bits per heavy atom. The maximum atomic E-state index is 12.0. The highest BCUT2D eigenvalue weighted by Gasteiger charge is 2.25. The van der Waals surface area contributed by atoms with Gasteiger partial charge in [-0.1, -0.05) is 30.3 Å². The zero-order valence-corrected chi connectivity index (χ0v) is 13.0. The molecule has 0 aromatic heterocycles. The van der Waals surface area contributed by atoms with E-state index in [1.807, 2.05) is 35.2 Å². The summed E-state index contributed by atoms with van der Waals surface area (Å²) in [6.07, 6.45) is 0.715. The van der Waals surface area contributed by atoms with Crippen LogP contribution in [0.5, 0.6) is 0 Å². The first-order valence-electron chi connectivity index (χ1n) is 8.18. The molecule has 0 unspecified atom stereocenters. The minimum absolute atomic E-state index is 0.268. The van der Waals surface area contributed by atoms with Crippen LogP contribution in [0.15, 0.2) is 30.3 Å². The smallest absolute Gasteiger partial charge is 0.236 e. The highest BCUT2D eigenvalue weighted by Crippen LogP contribution is 2.15. The van der Waals surface area contributed by atoms with E-state index < -0.39 is 6.10 Å². The molecule has 2 aliphatic rings. The number of hydrogen-bond donors (Lipinski definition) is 1. The highest BCUT2D eigenvalue weighted by molar-refractivity contribution is 5.78. The third kappa shape index (κ3) is 3.85. The average molecular weight is 303 g/mol. The first-order valence-corrected chi connectivity index (χ1v) is 8.18. The van der Waals surface area contributed by atoms with Gasteiger partial charge in [0.15, 0.2) is 0 Å². The molecule has 0 spiro atoms. The van der Waals surface area contributed by atoms with Crippen LogP contribution in [0.1, 0.15) is 18.1 Å². The fraction of sp³-hybridized carbons (Fsp3) is 0.588. The fourth-order valence-corrected chi connectivity index (χ4v) is 3.01. The van der Waals surface area contributed by atoms with Gasteiger partial charge in [0, 0.05) is 45.8 Å². The Balaban J connectivity index is 1.40. The van der Waals surface area contributed by atoms with Gasteiger partial charge in [-0.2, -0.15) is 0 Å². The quantitative estimate of drug-likeness (QED) is 0.864. The average Bonchev–Trinajstić information content (AvgIpc) is 2.48. The van der Waals surface area contributed by atoms with Crippen molar-refractivity contribution in [2.24, 2.45) is 0 Å². The topological polar surface area (TPSA) is 47.0 Å². The molecule has 120 valence electrons. The number of amides is 1. The molecule has 1 N–H and O–H groups in total. The van der Waals surface area contributed by atoms with E-state index in [0.29, 0.717) is 13.1 Å². The predicted octanol–water partition coefficient (Wildman–Crippen LogP) is 0.570. The summed E-state index contributed by atoms with van der Waals surface area (Å²) in [5.74, 6) is 0.268. The van der Waals surface area contributed by atoms with E-state index in [9.17, 15) is 9.90 Å². The molecular formula is C17H25N3O2. The monoisotopic (exact) mass is 303 g/mol. The minimum atomic E-state index is -0.435. The van der Waals surface area contributed by atoms with Crippen LogP contribution in [0.3, 0.4) is 0 Å². The Labute approximate surface area is 132 Å². The Hall–Kier alpha value is -1.43. The van der Waals surface area contributed by atoms with Gasteiger partial charge in [-0.25, -0.2) is 0 Å². The summed E-state index contributed by atoms with van der Waals surface area (Å²) in [5, 5.41) is 10.3. The SMILES string of the molecule is O=C(CN1CCN(C[C@H](O)c2ccccc2)CC1)N1CCC1. The van der Waals surface area contributed by atoms with Gasteiger partial charge in [0.1, 0.15) is 0 Å². The summed E-state index contributed by atoms with van der Waals surface area (Å²) in [6, 6.07) is 9.80. The van der Waals surface area contributed by atoms with Crippen molar-refractivity contribution >= 4 is 5.91 Å². The van der Waals surface area contributed by atoms with E-state index in [1.165, 1.54) is 0 Å². The number of aliphatic hydroxyl groups is 1. The molecule has 1 atom stereocenters. The van der Waals surface area contributed by atoms with E-state index in [4.69, 9.17) is 0 Å². The second-order valence-electron chi connectivity index (χ2n) is 6.24. The lowest BCUT2D eigenvalue weighted by molar-refractivity contribution is -0.136. The van der Waals surface area contributed by atoms with Crippen LogP contribution >= 0.6 is 0 Å². The molecule has 5 nitrogen and oxygen atoms in total. The number of carbonyl (C=O) groups excluding carboxylic acids is 1. The molecular weight excluding hydrogens is 278 g/mol. The second kappa shape index (κ2) is 7.22. The molecule has 2 aliphatic heterocycles. The first kappa shape index (κ1) is 15.5. The van der Waals surface area contributed by atoms with Crippen LogP contribution < -0.4 is 0 Å². The second-order valence-corrected chi connectivity index (χ2v) is 6.24. The van der Waals surface area contributed by atoms with E-state index in [-0.39, 0.29) is 5.91 Å².